The Labute approximate surface area is 81.7 Å². The highest BCUT2D eigenvalue weighted by Gasteiger charge is 1.97. The molecule has 1 aromatic carbocycles. The Kier molecular flexibility index (Phi) is 2.46. The van der Waals surface area contributed by atoms with E-state index in [9.17, 15) is 0 Å². The molecule has 3 N–H and O–H groups in total. The number of aromatic amines is 1. The predicted molar refractivity (Wildman–Crippen MR) is 53.0 cm³/mol. The maximum Gasteiger partial charge on any atom is 0.165 e. The molecule has 2 aromatic rings. The lowest BCUT2D eigenvalue weighted by molar-refractivity contribution is 0.483. The average molecular weight is 189 g/mol. The number of H-pyrrole nitrogens is 1. The standard InChI is InChI=1S/C10H11N3O/c11-5-8-1-3-9(4-2-8)14-10-6-12-13-7-10/h1-4,6-7H,5,11H2,(H,12,13). The summed E-state index contributed by atoms with van der Waals surface area (Å²) in [5.41, 5.74) is 6.57. The van der Waals surface area contributed by atoms with Gasteiger partial charge in [0.2, 0.25) is 0 Å². The second-order valence-electron chi connectivity index (χ2n) is 2.88. The Morgan fingerprint density at radius 3 is 2.57 bits per heavy atom. The molecule has 0 atom stereocenters. The number of hydrogen-bond acceptors (Lipinski definition) is 3. The zero-order valence-electron chi connectivity index (χ0n) is 7.60. The molecule has 0 radical (unpaired) electrons. The predicted octanol–water partition coefficient (Wildman–Crippen LogP) is 1.66. The van der Waals surface area contributed by atoms with Crippen molar-refractivity contribution in [3.8, 4) is 11.5 Å². The van der Waals surface area contributed by atoms with E-state index >= 15 is 0 Å². The van der Waals surface area contributed by atoms with Gasteiger partial charge in [-0.2, -0.15) is 5.10 Å². The van der Waals surface area contributed by atoms with Crippen molar-refractivity contribution < 1.29 is 4.74 Å². The van der Waals surface area contributed by atoms with Crippen molar-refractivity contribution in [1.82, 2.24) is 10.2 Å². The van der Waals surface area contributed by atoms with Crippen LogP contribution in [0.4, 0.5) is 0 Å². The normalized spacial score (nSPS) is 10.1. The summed E-state index contributed by atoms with van der Waals surface area (Å²) in [7, 11) is 0. The summed E-state index contributed by atoms with van der Waals surface area (Å²) in [6.45, 7) is 0.548. The second-order valence-corrected chi connectivity index (χ2v) is 2.88. The van der Waals surface area contributed by atoms with Crippen LogP contribution in [0.1, 0.15) is 5.56 Å². The van der Waals surface area contributed by atoms with Crippen molar-refractivity contribution in [3.63, 3.8) is 0 Å². The van der Waals surface area contributed by atoms with E-state index in [1.165, 1.54) is 0 Å². The number of nitrogens with two attached hydrogens (primary N) is 1. The Morgan fingerprint density at radius 1 is 1.21 bits per heavy atom. The van der Waals surface area contributed by atoms with Gasteiger partial charge in [0, 0.05) is 6.54 Å². The fourth-order valence-corrected chi connectivity index (χ4v) is 1.12. The average Bonchev–Trinajstić information content (AvgIpc) is 2.72. The van der Waals surface area contributed by atoms with Crippen molar-refractivity contribution in [1.29, 1.82) is 0 Å². The van der Waals surface area contributed by atoms with Crippen molar-refractivity contribution in [2.75, 3.05) is 0 Å². The van der Waals surface area contributed by atoms with Crippen LogP contribution in [-0.4, -0.2) is 10.2 Å². The van der Waals surface area contributed by atoms with E-state index in [1.807, 2.05) is 24.3 Å². The number of nitrogens with zero attached hydrogens (tertiary/aromatic N) is 1. The Bertz CT molecular complexity index is 380. The molecule has 4 nitrogen and oxygen atoms in total. The molecule has 0 aliphatic heterocycles. The molecular weight excluding hydrogens is 178 g/mol. The van der Waals surface area contributed by atoms with E-state index in [2.05, 4.69) is 10.2 Å². The molecule has 2 rings (SSSR count). The van der Waals surface area contributed by atoms with Gasteiger partial charge in [0.25, 0.3) is 0 Å². The maximum atomic E-state index is 5.48. The van der Waals surface area contributed by atoms with Crippen LogP contribution in [-0.2, 0) is 6.54 Å². The molecule has 0 saturated carbocycles. The Balaban J connectivity index is 2.10. The third-order valence-corrected chi connectivity index (χ3v) is 1.87. The first-order valence-electron chi connectivity index (χ1n) is 4.34. The van der Waals surface area contributed by atoms with Gasteiger partial charge < -0.3 is 10.5 Å². The quantitative estimate of drug-likeness (QED) is 0.771. The molecule has 0 aliphatic carbocycles. The second kappa shape index (κ2) is 3.93. The highest BCUT2D eigenvalue weighted by Crippen LogP contribution is 2.19. The summed E-state index contributed by atoms with van der Waals surface area (Å²) >= 11 is 0. The van der Waals surface area contributed by atoms with Crippen molar-refractivity contribution in [2.45, 2.75) is 6.54 Å². The van der Waals surface area contributed by atoms with Gasteiger partial charge in [0.1, 0.15) is 5.75 Å². The lowest BCUT2D eigenvalue weighted by Gasteiger charge is -2.02. The minimum Gasteiger partial charge on any atom is -0.454 e. The first-order valence-corrected chi connectivity index (χ1v) is 4.34. The molecular formula is C10H11N3O. The van der Waals surface area contributed by atoms with Crippen LogP contribution >= 0.6 is 0 Å². The van der Waals surface area contributed by atoms with Gasteiger partial charge in [-0.15, -0.1) is 0 Å². The number of nitrogens with one attached hydrogen (secondary N) is 1. The summed E-state index contributed by atoms with van der Waals surface area (Å²) in [5, 5.41) is 6.46. The minimum absolute atomic E-state index is 0.548. The first-order chi connectivity index (χ1) is 6.88. The molecule has 0 saturated heterocycles. The van der Waals surface area contributed by atoms with Gasteiger partial charge in [-0.1, -0.05) is 12.1 Å². The third-order valence-electron chi connectivity index (χ3n) is 1.87. The molecule has 0 fully saturated rings. The summed E-state index contributed by atoms with van der Waals surface area (Å²) in [5.74, 6) is 1.48. The topological polar surface area (TPSA) is 63.9 Å². The van der Waals surface area contributed by atoms with Gasteiger partial charge in [0.05, 0.1) is 12.4 Å². The summed E-state index contributed by atoms with van der Waals surface area (Å²) < 4.78 is 5.48. The summed E-state index contributed by atoms with van der Waals surface area (Å²) in [6, 6.07) is 7.65. The zero-order chi connectivity index (χ0) is 9.80. The van der Waals surface area contributed by atoms with Gasteiger partial charge in [0.15, 0.2) is 5.75 Å². The number of aromatic nitrogens is 2. The maximum absolute atomic E-state index is 5.48. The van der Waals surface area contributed by atoms with Gasteiger partial charge in [-0.05, 0) is 17.7 Å². The first kappa shape index (κ1) is 8.77. The lowest BCUT2D eigenvalue weighted by Crippen LogP contribution is -1.95. The summed E-state index contributed by atoms with van der Waals surface area (Å²) in [6.07, 6.45) is 3.31. The van der Waals surface area contributed by atoms with Crippen LogP contribution in [0, 0.1) is 0 Å². The van der Waals surface area contributed by atoms with Crippen LogP contribution in [0.25, 0.3) is 0 Å². The number of ether oxygens (including phenoxy) is 1. The molecule has 4 heteroatoms. The minimum atomic E-state index is 0.548. The number of rotatable bonds is 3. The van der Waals surface area contributed by atoms with Crippen LogP contribution in [0.2, 0.25) is 0 Å². The van der Waals surface area contributed by atoms with E-state index in [0.717, 1.165) is 11.3 Å². The molecule has 0 amide bonds. The van der Waals surface area contributed by atoms with E-state index in [0.29, 0.717) is 12.3 Å². The van der Waals surface area contributed by atoms with Crippen molar-refractivity contribution >= 4 is 0 Å². The van der Waals surface area contributed by atoms with Gasteiger partial charge in [-0.25, -0.2) is 0 Å². The molecule has 1 aromatic heterocycles. The SMILES string of the molecule is NCc1ccc(Oc2cn[nH]c2)cc1. The van der Waals surface area contributed by atoms with Gasteiger partial charge >= 0.3 is 0 Å². The molecule has 0 aliphatic rings. The van der Waals surface area contributed by atoms with Crippen molar-refractivity contribution in [3.05, 3.63) is 42.2 Å². The number of hydrogen-bond donors (Lipinski definition) is 2. The van der Waals surface area contributed by atoms with Crippen LogP contribution in [0.3, 0.4) is 0 Å². The molecule has 0 unspecified atom stereocenters. The Morgan fingerprint density at radius 2 is 2.00 bits per heavy atom. The lowest BCUT2D eigenvalue weighted by atomic mass is 10.2. The highest BCUT2D eigenvalue weighted by molar-refractivity contribution is 5.30. The fraction of sp³-hybridized carbons (Fsp3) is 0.100. The Hall–Kier alpha value is -1.81. The molecule has 14 heavy (non-hydrogen) atoms. The molecule has 0 spiro atoms. The van der Waals surface area contributed by atoms with Crippen LogP contribution in [0.15, 0.2) is 36.7 Å². The zero-order valence-corrected chi connectivity index (χ0v) is 7.60. The smallest absolute Gasteiger partial charge is 0.165 e. The third kappa shape index (κ3) is 1.92. The molecule has 0 bridgehead atoms. The van der Waals surface area contributed by atoms with Crippen LogP contribution in [0.5, 0.6) is 11.5 Å². The van der Waals surface area contributed by atoms with Gasteiger partial charge in [-0.3, -0.25) is 5.10 Å². The van der Waals surface area contributed by atoms with E-state index in [1.54, 1.807) is 12.4 Å². The summed E-state index contributed by atoms with van der Waals surface area (Å²) in [4.78, 5) is 0. The van der Waals surface area contributed by atoms with Crippen molar-refractivity contribution in [2.24, 2.45) is 5.73 Å². The monoisotopic (exact) mass is 189 g/mol. The largest absolute Gasteiger partial charge is 0.454 e. The van der Waals surface area contributed by atoms with E-state index in [-0.39, 0.29) is 0 Å². The fourth-order valence-electron chi connectivity index (χ4n) is 1.12. The van der Waals surface area contributed by atoms with E-state index < -0.39 is 0 Å². The van der Waals surface area contributed by atoms with Crippen LogP contribution < -0.4 is 10.5 Å². The molecule has 1 heterocycles. The number of benzene rings is 1. The molecule has 72 valence electrons. The highest BCUT2D eigenvalue weighted by atomic mass is 16.5. The van der Waals surface area contributed by atoms with E-state index in [4.69, 9.17) is 10.5 Å².